The van der Waals surface area contributed by atoms with Gasteiger partial charge in [-0.2, -0.15) is 23.4 Å². The highest BCUT2D eigenvalue weighted by atomic mass is 19.4. The molecule has 10 heteroatoms. The molecule has 4 N–H and O–H groups in total. The molecule has 130 valence electrons. The maximum atomic E-state index is 12.7. The summed E-state index contributed by atoms with van der Waals surface area (Å²) in [6.07, 6.45) is -4.58. The fourth-order valence-electron chi connectivity index (χ4n) is 2.00. The standard InChI is InChI=1S/C15H13F3N6O/c1-8-11(5-6-19)12(25)23-14(21-8)24-13(20)22-10-4-2-3-9(7-10)15(16,17)18/h2-4,7H,5H2,1H3,(H4,20,21,22,23,24,25). The van der Waals surface area contributed by atoms with E-state index in [2.05, 4.69) is 20.3 Å². The largest absolute Gasteiger partial charge is 0.416 e. The Kier molecular flexibility index (Phi) is 5.07. The maximum Gasteiger partial charge on any atom is 0.416 e. The van der Waals surface area contributed by atoms with E-state index >= 15 is 0 Å². The zero-order valence-corrected chi connectivity index (χ0v) is 13.0. The van der Waals surface area contributed by atoms with Gasteiger partial charge in [0.2, 0.25) is 11.9 Å². The second-order valence-corrected chi connectivity index (χ2v) is 4.99. The van der Waals surface area contributed by atoms with Crippen molar-refractivity contribution in [3.05, 3.63) is 51.4 Å². The van der Waals surface area contributed by atoms with E-state index in [4.69, 9.17) is 11.0 Å². The van der Waals surface area contributed by atoms with Crippen LogP contribution >= 0.6 is 0 Å². The Hall–Kier alpha value is -3.35. The first-order chi connectivity index (χ1) is 11.7. The maximum absolute atomic E-state index is 12.7. The molecule has 0 unspecified atom stereocenters. The molecule has 25 heavy (non-hydrogen) atoms. The number of aromatic nitrogens is 2. The van der Waals surface area contributed by atoms with E-state index in [-0.39, 0.29) is 29.6 Å². The van der Waals surface area contributed by atoms with Gasteiger partial charge in [-0.1, -0.05) is 6.07 Å². The van der Waals surface area contributed by atoms with Crippen molar-refractivity contribution < 1.29 is 13.2 Å². The molecule has 0 saturated carbocycles. The van der Waals surface area contributed by atoms with Gasteiger partial charge in [-0.05, 0) is 25.1 Å². The van der Waals surface area contributed by atoms with Crippen LogP contribution in [0.2, 0.25) is 0 Å². The van der Waals surface area contributed by atoms with E-state index in [1.807, 2.05) is 6.07 Å². The van der Waals surface area contributed by atoms with E-state index in [0.29, 0.717) is 5.69 Å². The minimum atomic E-state index is -4.48. The highest BCUT2D eigenvalue weighted by molar-refractivity contribution is 5.93. The zero-order valence-electron chi connectivity index (χ0n) is 13.0. The van der Waals surface area contributed by atoms with E-state index in [0.717, 1.165) is 12.1 Å². The number of hydrogen-bond acceptors (Lipinski definition) is 4. The lowest BCUT2D eigenvalue weighted by Crippen LogP contribution is -2.23. The second kappa shape index (κ2) is 7.04. The van der Waals surface area contributed by atoms with Crippen LogP contribution in [0.3, 0.4) is 0 Å². The second-order valence-electron chi connectivity index (χ2n) is 4.99. The van der Waals surface area contributed by atoms with Crippen LogP contribution in [0, 0.1) is 18.3 Å². The fourth-order valence-corrected chi connectivity index (χ4v) is 2.00. The SMILES string of the molecule is Cc1nc(N=C(N)Nc2cccc(C(F)(F)F)c2)[nH]c(=O)c1CC#N. The number of anilines is 1. The van der Waals surface area contributed by atoms with Crippen molar-refractivity contribution >= 4 is 17.6 Å². The van der Waals surface area contributed by atoms with Crippen molar-refractivity contribution in [3.63, 3.8) is 0 Å². The third-order valence-corrected chi connectivity index (χ3v) is 3.15. The molecule has 0 aliphatic carbocycles. The van der Waals surface area contributed by atoms with Gasteiger partial charge in [0.05, 0.1) is 29.3 Å². The van der Waals surface area contributed by atoms with Gasteiger partial charge in [0.25, 0.3) is 5.56 Å². The number of H-pyrrole nitrogens is 1. The number of nitrogens with two attached hydrogens (primary N) is 1. The molecule has 0 fully saturated rings. The van der Waals surface area contributed by atoms with Crippen molar-refractivity contribution in [1.29, 1.82) is 5.26 Å². The highest BCUT2D eigenvalue weighted by Gasteiger charge is 2.30. The first kappa shape index (κ1) is 18.0. The van der Waals surface area contributed by atoms with Crippen molar-refractivity contribution in [2.45, 2.75) is 19.5 Å². The Morgan fingerprint density at radius 2 is 2.20 bits per heavy atom. The Morgan fingerprint density at radius 3 is 2.80 bits per heavy atom. The van der Waals surface area contributed by atoms with Crippen molar-refractivity contribution in [1.82, 2.24) is 9.97 Å². The molecular weight excluding hydrogens is 337 g/mol. The Bertz CT molecular complexity index is 911. The fraction of sp³-hybridized carbons (Fsp3) is 0.200. The molecule has 0 amide bonds. The molecule has 2 aromatic rings. The molecular formula is C15H13F3N6O. The summed E-state index contributed by atoms with van der Waals surface area (Å²) in [6, 6.07) is 6.26. The summed E-state index contributed by atoms with van der Waals surface area (Å²) in [6.45, 7) is 1.54. The summed E-state index contributed by atoms with van der Waals surface area (Å²) in [4.78, 5) is 22.0. The molecule has 1 aromatic carbocycles. The van der Waals surface area contributed by atoms with E-state index in [1.165, 1.54) is 19.1 Å². The van der Waals surface area contributed by atoms with Crippen LogP contribution in [0.25, 0.3) is 0 Å². The van der Waals surface area contributed by atoms with Crippen LogP contribution in [0.4, 0.5) is 24.8 Å². The topological polar surface area (TPSA) is 120 Å². The van der Waals surface area contributed by atoms with Gasteiger partial charge in [0, 0.05) is 5.69 Å². The van der Waals surface area contributed by atoms with E-state index in [9.17, 15) is 18.0 Å². The highest BCUT2D eigenvalue weighted by Crippen LogP contribution is 2.30. The normalized spacial score (nSPS) is 11.9. The lowest BCUT2D eigenvalue weighted by atomic mass is 10.2. The van der Waals surface area contributed by atoms with Crippen molar-refractivity contribution in [2.24, 2.45) is 10.7 Å². The number of hydrogen-bond donors (Lipinski definition) is 3. The minimum Gasteiger partial charge on any atom is -0.369 e. The third-order valence-electron chi connectivity index (χ3n) is 3.15. The van der Waals surface area contributed by atoms with Gasteiger partial charge in [-0.15, -0.1) is 0 Å². The molecule has 1 aromatic heterocycles. The molecule has 0 bridgehead atoms. The molecule has 0 aliphatic rings. The molecule has 0 atom stereocenters. The summed E-state index contributed by atoms with van der Waals surface area (Å²) in [5, 5.41) is 11.2. The van der Waals surface area contributed by atoms with Gasteiger partial charge < -0.3 is 11.1 Å². The number of benzene rings is 1. The molecule has 7 nitrogen and oxygen atoms in total. The Labute approximate surface area is 140 Å². The molecule has 0 spiro atoms. The predicted octanol–water partition coefficient (Wildman–Crippen LogP) is 2.22. The average Bonchev–Trinajstić information content (AvgIpc) is 2.50. The lowest BCUT2D eigenvalue weighted by Gasteiger charge is -2.10. The molecule has 0 aliphatic heterocycles. The van der Waals surface area contributed by atoms with Crippen molar-refractivity contribution in [2.75, 3.05) is 5.32 Å². The lowest BCUT2D eigenvalue weighted by molar-refractivity contribution is -0.137. The zero-order chi connectivity index (χ0) is 18.6. The van der Waals surface area contributed by atoms with E-state index < -0.39 is 17.3 Å². The number of aliphatic imine (C=N–C) groups is 1. The monoisotopic (exact) mass is 350 g/mol. The molecule has 0 saturated heterocycles. The summed E-state index contributed by atoms with van der Waals surface area (Å²) in [7, 11) is 0. The molecule has 1 heterocycles. The molecule has 0 radical (unpaired) electrons. The van der Waals surface area contributed by atoms with Crippen LogP contribution < -0.4 is 16.6 Å². The van der Waals surface area contributed by atoms with Gasteiger partial charge in [0.1, 0.15) is 0 Å². The number of alkyl halides is 3. The summed E-state index contributed by atoms with van der Waals surface area (Å²) >= 11 is 0. The number of rotatable bonds is 3. The van der Waals surface area contributed by atoms with Crippen LogP contribution in [0.1, 0.15) is 16.8 Å². The van der Waals surface area contributed by atoms with Gasteiger partial charge in [0.15, 0.2) is 0 Å². The number of aromatic amines is 1. The van der Waals surface area contributed by atoms with E-state index in [1.54, 1.807) is 0 Å². The predicted molar refractivity (Wildman–Crippen MR) is 85.3 cm³/mol. The van der Waals surface area contributed by atoms with Crippen LogP contribution in [0.15, 0.2) is 34.1 Å². The van der Waals surface area contributed by atoms with Gasteiger partial charge >= 0.3 is 6.18 Å². The average molecular weight is 350 g/mol. The first-order valence-electron chi connectivity index (χ1n) is 6.96. The number of halogens is 3. The first-order valence-corrected chi connectivity index (χ1v) is 6.96. The summed E-state index contributed by atoms with van der Waals surface area (Å²) in [5.41, 5.74) is 4.88. The van der Waals surface area contributed by atoms with Crippen molar-refractivity contribution in [3.8, 4) is 6.07 Å². The minimum absolute atomic E-state index is 0.0799. The quantitative estimate of drug-likeness (QED) is 0.579. The van der Waals surface area contributed by atoms with Gasteiger partial charge in [-0.25, -0.2) is 4.98 Å². The molecule has 2 rings (SSSR count). The van der Waals surface area contributed by atoms with Crippen LogP contribution in [-0.2, 0) is 12.6 Å². The van der Waals surface area contributed by atoms with Gasteiger partial charge in [-0.3, -0.25) is 9.78 Å². The number of guanidine groups is 1. The number of nitrogens with one attached hydrogen (secondary N) is 2. The van der Waals surface area contributed by atoms with Crippen LogP contribution in [-0.4, -0.2) is 15.9 Å². The third kappa shape index (κ3) is 4.57. The Morgan fingerprint density at radius 1 is 1.48 bits per heavy atom. The smallest absolute Gasteiger partial charge is 0.369 e. The summed E-state index contributed by atoms with van der Waals surface area (Å²) < 4.78 is 38.0. The van der Waals surface area contributed by atoms with Crippen LogP contribution in [0.5, 0.6) is 0 Å². The number of nitriles is 1. The number of aryl methyl sites for hydroxylation is 1. The number of nitrogens with zero attached hydrogens (tertiary/aromatic N) is 3. The Balaban J connectivity index is 2.26. The summed E-state index contributed by atoms with van der Waals surface area (Å²) in [5.74, 6) is -0.379.